The fourth-order valence-corrected chi connectivity index (χ4v) is 1.23. The van der Waals surface area contributed by atoms with Crippen molar-refractivity contribution in [2.24, 2.45) is 0 Å². The number of alkyl halides is 1. The molecule has 0 bridgehead atoms. The van der Waals surface area contributed by atoms with Crippen LogP contribution in [0.5, 0.6) is 0 Å². The summed E-state index contributed by atoms with van der Waals surface area (Å²) in [5.74, 6) is 0. The van der Waals surface area contributed by atoms with Gasteiger partial charge in [0.25, 0.3) is 5.56 Å². The first-order valence-electron chi connectivity index (χ1n) is 3.49. The zero-order chi connectivity index (χ0) is 9.84. The van der Waals surface area contributed by atoms with Gasteiger partial charge in [0.05, 0.1) is 0 Å². The molecule has 0 aliphatic rings. The first kappa shape index (κ1) is 9.74. The van der Waals surface area contributed by atoms with Gasteiger partial charge in [0.15, 0.2) is 0 Å². The molecule has 0 unspecified atom stereocenters. The molecular formula is C7H6BrN3O2. The third-order valence-corrected chi connectivity index (χ3v) is 1.81. The molecule has 5 nitrogen and oxygen atoms in total. The predicted octanol–water partition coefficient (Wildman–Crippen LogP) is -0.197. The summed E-state index contributed by atoms with van der Waals surface area (Å²) in [5, 5.41) is 9.09. The lowest BCUT2D eigenvalue weighted by molar-refractivity contribution is 0.700. The van der Waals surface area contributed by atoms with Gasteiger partial charge in [-0.1, -0.05) is 15.9 Å². The second-order valence-corrected chi connectivity index (χ2v) is 3.09. The van der Waals surface area contributed by atoms with E-state index in [9.17, 15) is 9.59 Å². The van der Waals surface area contributed by atoms with Crippen molar-refractivity contribution in [1.29, 1.82) is 5.26 Å². The Morgan fingerprint density at radius 2 is 2.31 bits per heavy atom. The molecule has 0 amide bonds. The van der Waals surface area contributed by atoms with Crippen molar-refractivity contribution in [3.63, 3.8) is 0 Å². The van der Waals surface area contributed by atoms with Crippen LogP contribution in [0, 0.1) is 11.3 Å². The summed E-state index contributed by atoms with van der Waals surface area (Å²) in [6, 6.07) is 1.70. The number of hydrogen-bond donors (Lipinski definition) is 1. The fourth-order valence-electron chi connectivity index (χ4n) is 0.846. The van der Waals surface area contributed by atoms with Crippen molar-refractivity contribution in [2.75, 3.05) is 5.33 Å². The molecule has 0 saturated heterocycles. The van der Waals surface area contributed by atoms with E-state index in [1.807, 2.05) is 0 Å². The summed E-state index contributed by atoms with van der Waals surface area (Å²) < 4.78 is 1.27. The minimum atomic E-state index is -0.640. The zero-order valence-electron chi connectivity index (χ0n) is 6.58. The molecule has 1 heterocycles. The standard InChI is InChI=1S/C7H6BrN3O2/c8-1-2-11-4-5(3-9)6(12)10-7(11)13/h4H,1-2H2,(H,10,12,13). The van der Waals surface area contributed by atoms with Crippen LogP contribution < -0.4 is 11.2 Å². The minimum absolute atomic E-state index is 0.0550. The van der Waals surface area contributed by atoms with E-state index in [2.05, 4.69) is 20.9 Å². The smallest absolute Gasteiger partial charge is 0.298 e. The minimum Gasteiger partial charge on any atom is -0.298 e. The molecule has 1 aromatic heterocycles. The quantitative estimate of drug-likeness (QED) is 0.732. The van der Waals surface area contributed by atoms with Gasteiger partial charge in [0, 0.05) is 18.1 Å². The van der Waals surface area contributed by atoms with Crippen LogP contribution in [-0.4, -0.2) is 14.9 Å². The number of aromatic amines is 1. The molecule has 0 fully saturated rings. The number of halogens is 1. The first-order chi connectivity index (χ1) is 6.19. The lowest BCUT2D eigenvalue weighted by Gasteiger charge is -2.00. The summed E-state index contributed by atoms with van der Waals surface area (Å²) in [6.45, 7) is 0.421. The second-order valence-electron chi connectivity index (χ2n) is 2.30. The van der Waals surface area contributed by atoms with E-state index in [0.29, 0.717) is 11.9 Å². The third kappa shape index (κ3) is 2.06. The molecule has 1 rings (SSSR count). The molecule has 13 heavy (non-hydrogen) atoms. The van der Waals surface area contributed by atoms with Crippen molar-refractivity contribution in [3.05, 3.63) is 32.6 Å². The van der Waals surface area contributed by atoms with Gasteiger partial charge in [0.1, 0.15) is 11.6 Å². The number of hydrogen-bond acceptors (Lipinski definition) is 3. The number of aryl methyl sites for hydroxylation is 1. The predicted molar refractivity (Wildman–Crippen MR) is 49.8 cm³/mol. The summed E-state index contributed by atoms with van der Waals surface area (Å²) in [7, 11) is 0. The van der Waals surface area contributed by atoms with Gasteiger partial charge in [-0.3, -0.25) is 14.3 Å². The van der Waals surface area contributed by atoms with Crippen LogP contribution in [0.4, 0.5) is 0 Å². The fraction of sp³-hybridized carbons (Fsp3) is 0.286. The van der Waals surface area contributed by atoms with Gasteiger partial charge in [-0.05, 0) is 0 Å². The maximum Gasteiger partial charge on any atom is 0.328 e. The van der Waals surface area contributed by atoms with Crippen LogP contribution in [0.15, 0.2) is 15.8 Å². The van der Waals surface area contributed by atoms with Crippen molar-refractivity contribution in [1.82, 2.24) is 9.55 Å². The molecule has 0 spiro atoms. The molecule has 1 aromatic rings. The lowest BCUT2D eigenvalue weighted by Crippen LogP contribution is -2.31. The molecule has 6 heteroatoms. The third-order valence-electron chi connectivity index (χ3n) is 1.46. The average Bonchev–Trinajstić information content (AvgIpc) is 2.10. The monoisotopic (exact) mass is 243 g/mol. The van der Waals surface area contributed by atoms with E-state index < -0.39 is 11.2 Å². The van der Waals surface area contributed by atoms with E-state index in [4.69, 9.17) is 5.26 Å². The molecule has 0 atom stereocenters. The number of aromatic nitrogens is 2. The molecule has 0 radical (unpaired) electrons. The highest BCUT2D eigenvalue weighted by Gasteiger charge is 2.02. The molecule has 0 aliphatic heterocycles. The van der Waals surface area contributed by atoms with E-state index in [-0.39, 0.29) is 5.56 Å². The van der Waals surface area contributed by atoms with Crippen molar-refractivity contribution in [3.8, 4) is 6.07 Å². The van der Waals surface area contributed by atoms with Gasteiger partial charge >= 0.3 is 5.69 Å². The Labute approximate surface area is 81.8 Å². The maximum absolute atomic E-state index is 11.1. The largest absolute Gasteiger partial charge is 0.328 e. The Bertz CT molecular complexity index is 454. The summed E-state index contributed by atoms with van der Waals surface area (Å²) >= 11 is 3.15. The van der Waals surface area contributed by atoms with Gasteiger partial charge in [-0.2, -0.15) is 5.26 Å². The molecule has 0 saturated carbocycles. The molecular weight excluding hydrogens is 238 g/mol. The van der Waals surface area contributed by atoms with E-state index in [1.165, 1.54) is 10.8 Å². The van der Waals surface area contributed by atoms with Crippen LogP contribution in [0.25, 0.3) is 0 Å². The van der Waals surface area contributed by atoms with Gasteiger partial charge in [-0.25, -0.2) is 4.79 Å². The topological polar surface area (TPSA) is 78.7 Å². The molecule has 1 N–H and O–H groups in total. The lowest BCUT2D eigenvalue weighted by atomic mass is 10.4. The van der Waals surface area contributed by atoms with Crippen LogP contribution in [-0.2, 0) is 6.54 Å². The average molecular weight is 244 g/mol. The Balaban J connectivity index is 3.33. The number of nitriles is 1. The van der Waals surface area contributed by atoms with Crippen LogP contribution in [0.1, 0.15) is 5.56 Å². The molecule has 0 aromatic carbocycles. The number of H-pyrrole nitrogens is 1. The highest BCUT2D eigenvalue weighted by molar-refractivity contribution is 9.09. The SMILES string of the molecule is N#Cc1cn(CCBr)c(=O)[nH]c1=O. The summed E-state index contributed by atoms with van der Waals surface area (Å²) in [4.78, 5) is 24.1. The number of nitrogens with zero attached hydrogens (tertiary/aromatic N) is 2. The van der Waals surface area contributed by atoms with Crippen LogP contribution in [0.3, 0.4) is 0 Å². The van der Waals surface area contributed by atoms with Crippen molar-refractivity contribution in [2.45, 2.75) is 6.54 Å². The van der Waals surface area contributed by atoms with Gasteiger partial charge in [0.2, 0.25) is 0 Å². The summed E-state index contributed by atoms with van der Waals surface area (Å²) in [5.41, 5.74) is -1.19. The Hall–Kier alpha value is -1.35. The van der Waals surface area contributed by atoms with E-state index in [0.717, 1.165) is 0 Å². The van der Waals surface area contributed by atoms with Crippen molar-refractivity contribution < 1.29 is 0 Å². The van der Waals surface area contributed by atoms with E-state index >= 15 is 0 Å². The highest BCUT2D eigenvalue weighted by Crippen LogP contribution is 1.87. The molecule has 68 valence electrons. The normalized spacial score (nSPS) is 9.54. The highest BCUT2D eigenvalue weighted by atomic mass is 79.9. The van der Waals surface area contributed by atoms with Gasteiger partial charge < -0.3 is 0 Å². The second kappa shape index (κ2) is 4.05. The van der Waals surface area contributed by atoms with Gasteiger partial charge in [-0.15, -0.1) is 0 Å². The van der Waals surface area contributed by atoms with Crippen molar-refractivity contribution >= 4 is 15.9 Å². The zero-order valence-corrected chi connectivity index (χ0v) is 8.17. The Morgan fingerprint density at radius 3 is 2.85 bits per heavy atom. The van der Waals surface area contributed by atoms with Crippen LogP contribution in [0.2, 0.25) is 0 Å². The maximum atomic E-state index is 11.1. The Kier molecular flexibility index (Phi) is 3.03. The summed E-state index contributed by atoms with van der Waals surface area (Å²) in [6.07, 6.45) is 1.25. The van der Waals surface area contributed by atoms with Crippen LogP contribution >= 0.6 is 15.9 Å². The van der Waals surface area contributed by atoms with E-state index in [1.54, 1.807) is 6.07 Å². The molecule has 0 aliphatic carbocycles. The number of nitrogens with one attached hydrogen (secondary N) is 1. The first-order valence-corrected chi connectivity index (χ1v) is 4.61. The Morgan fingerprint density at radius 1 is 1.62 bits per heavy atom. The number of rotatable bonds is 2.